The Morgan fingerprint density at radius 1 is 1.69 bits per heavy atom. The second kappa shape index (κ2) is 5.61. The lowest BCUT2D eigenvalue weighted by molar-refractivity contribution is -0.127. The molecular formula is C11H22N2O3. The summed E-state index contributed by atoms with van der Waals surface area (Å²) in [5.74, 6) is -0.0837. The van der Waals surface area contributed by atoms with Gasteiger partial charge in [0.05, 0.1) is 30.8 Å². The van der Waals surface area contributed by atoms with Crippen molar-refractivity contribution in [2.45, 2.75) is 44.9 Å². The van der Waals surface area contributed by atoms with Crippen molar-refractivity contribution in [2.75, 3.05) is 19.7 Å². The third kappa shape index (κ3) is 4.08. The summed E-state index contributed by atoms with van der Waals surface area (Å²) in [6, 6.07) is 0. The maximum Gasteiger partial charge on any atom is 0.223 e. The zero-order chi connectivity index (χ0) is 12.2. The van der Waals surface area contributed by atoms with Gasteiger partial charge in [0.25, 0.3) is 0 Å². The van der Waals surface area contributed by atoms with Crippen LogP contribution in [-0.2, 0) is 9.53 Å². The van der Waals surface area contributed by atoms with Gasteiger partial charge in [-0.05, 0) is 20.8 Å². The number of carbonyl (C=O) groups is 1. The Balaban J connectivity index is 2.34. The zero-order valence-electron chi connectivity index (χ0n) is 10.2. The lowest BCUT2D eigenvalue weighted by atomic mass is 9.98. The van der Waals surface area contributed by atoms with Crippen molar-refractivity contribution in [1.82, 2.24) is 10.6 Å². The summed E-state index contributed by atoms with van der Waals surface area (Å²) in [6.07, 6.45) is -0.302. The summed E-state index contributed by atoms with van der Waals surface area (Å²) in [6.45, 7) is 7.47. The number of ether oxygens (including phenoxy) is 1. The van der Waals surface area contributed by atoms with Gasteiger partial charge in [-0.25, -0.2) is 0 Å². The Kier molecular flexibility index (Phi) is 4.70. The van der Waals surface area contributed by atoms with Crippen LogP contribution in [0.25, 0.3) is 0 Å². The van der Waals surface area contributed by atoms with E-state index in [1.54, 1.807) is 20.8 Å². The first-order valence-electron chi connectivity index (χ1n) is 5.73. The molecule has 1 rings (SSSR count). The topological polar surface area (TPSA) is 70.6 Å². The first-order valence-corrected chi connectivity index (χ1v) is 5.73. The first-order chi connectivity index (χ1) is 7.42. The quantitative estimate of drug-likeness (QED) is 0.617. The van der Waals surface area contributed by atoms with Crippen LogP contribution in [0.1, 0.15) is 27.2 Å². The Morgan fingerprint density at radius 2 is 2.38 bits per heavy atom. The van der Waals surface area contributed by atoms with Gasteiger partial charge in [-0.3, -0.25) is 4.79 Å². The third-order valence-electron chi connectivity index (χ3n) is 2.92. The normalized spacial score (nSPS) is 23.9. The van der Waals surface area contributed by atoms with Crippen LogP contribution in [0.4, 0.5) is 0 Å². The molecular weight excluding hydrogens is 208 g/mol. The largest absolute Gasteiger partial charge is 0.391 e. The highest BCUT2D eigenvalue weighted by Crippen LogP contribution is 2.10. The zero-order valence-corrected chi connectivity index (χ0v) is 10.2. The second-order valence-electron chi connectivity index (χ2n) is 4.85. The molecule has 1 aliphatic rings. The number of aliphatic hydroxyl groups is 1. The first kappa shape index (κ1) is 13.4. The van der Waals surface area contributed by atoms with Crippen LogP contribution in [0.5, 0.6) is 0 Å². The average molecular weight is 230 g/mol. The molecule has 2 atom stereocenters. The summed E-state index contributed by atoms with van der Waals surface area (Å²) in [4.78, 5) is 11.7. The van der Waals surface area contributed by atoms with Crippen molar-refractivity contribution in [2.24, 2.45) is 0 Å². The Labute approximate surface area is 96.6 Å². The molecule has 3 N–H and O–H groups in total. The molecule has 0 radical (unpaired) electrons. The lowest BCUT2D eigenvalue weighted by Gasteiger charge is -2.30. The number of hydrogen-bond donors (Lipinski definition) is 3. The maximum atomic E-state index is 11.7. The molecule has 2 unspecified atom stereocenters. The van der Waals surface area contributed by atoms with E-state index < -0.39 is 11.6 Å². The van der Waals surface area contributed by atoms with Crippen molar-refractivity contribution in [3.05, 3.63) is 0 Å². The average Bonchev–Trinajstić information content (AvgIpc) is 2.17. The molecule has 1 aliphatic heterocycles. The fourth-order valence-electron chi connectivity index (χ4n) is 1.47. The van der Waals surface area contributed by atoms with Gasteiger partial charge in [-0.2, -0.15) is 0 Å². The van der Waals surface area contributed by atoms with E-state index in [0.29, 0.717) is 19.6 Å². The minimum atomic E-state index is -0.598. The minimum Gasteiger partial charge on any atom is -0.391 e. The van der Waals surface area contributed by atoms with Crippen molar-refractivity contribution >= 4 is 5.91 Å². The van der Waals surface area contributed by atoms with Crippen LogP contribution < -0.4 is 10.6 Å². The van der Waals surface area contributed by atoms with E-state index in [0.717, 1.165) is 6.54 Å². The van der Waals surface area contributed by atoms with Crippen molar-refractivity contribution in [3.63, 3.8) is 0 Å². The highest BCUT2D eigenvalue weighted by molar-refractivity contribution is 5.77. The number of aliphatic hydroxyl groups excluding tert-OH is 1. The van der Waals surface area contributed by atoms with Crippen molar-refractivity contribution in [1.29, 1.82) is 0 Å². The number of nitrogens with one attached hydrogen (secondary N) is 2. The van der Waals surface area contributed by atoms with Gasteiger partial charge in [0.1, 0.15) is 0 Å². The molecule has 1 fully saturated rings. The molecule has 5 nitrogen and oxygen atoms in total. The van der Waals surface area contributed by atoms with E-state index in [9.17, 15) is 9.90 Å². The molecule has 1 amide bonds. The fraction of sp³-hybridized carbons (Fsp3) is 0.909. The van der Waals surface area contributed by atoms with Crippen LogP contribution in [0.15, 0.2) is 0 Å². The number of amides is 1. The molecule has 1 heterocycles. The lowest BCUT2D eigenvalue weighted by Crippen LogP contribution is -2.52. The van der Waals surface area contributed by atoms with Gasteiger partial charge in [-0.15, -0.1) is 0 Å². The molecule has 16 heavy (non-hydrogen) atoms. The van der Waals surface area contributed by atoms with Crippen LogP contribution >= 0.6 is 0 Å². The van der Waals surface area contributed by atoms with Gasteiger partial charge in [-0.1, -0.05) is 0 Å². The molecule has 0 aromatic carbocycles. The molecule has 0 aliphatic carbocycles. The molecule has 0 aromatic rings. The Bertz CT molecular complexity index is 235. The van der Waals surface area contributed by atoms with Crippen LogP contribution in [-0.4, -0.2) is 48.5 Å². The van der Waals surface area contributed by atoms with Gasteiger partial charge in [0.15, 0.2) is 0 Å². The van der Waals surface area contributed by atoms with Gasteiger partial charge in [0, 0.05) is 13.1 Å². The van der Waals surface area contributed by atoms with E-state index in [1.807, 2.05) is 0 Å². The molecule has 5 heteroatoms. The summed E-state index contributed by atoms with van der Waals surface area (Å²) in [5.41, 5.74) is -0.598. The van der Waals surface area contributed by atoms with Crippen molar-refractivity contribution < 1.29 is 14.6 Å². The third-order valence-corrected chi connectivity index (χ3v) is 2.92. The summed E-state index contributed by atoms with van der Waals surface area (Å²) < 4.78 is 5.44. The summed E-state index contributed by atoms with van der Waals surface area (Å²) >= 11 is 0. The minimum absolute atomic E-state index is 0.0569. The predicted octanol–water partition coefficient (Wildman–Crippen LogP) is -0.359. The van der Waals surface area contributed by atoms with Gasteiger partial charge >= 0.3 is 0 Å². The highest BCUT2D eigenvalue weighted by Gasteiger charge is 2.27. The number of carbonyl (C=O) groups excluding carboxylic acids is 1. The molecule has 0 saturated carbocycles. The predicted molar refractivity (Wildman–Crippen MR) is 61.1 cm³/mol. The van der Waals surface area contributed by atoms with Gasteiger partial charge < -0.3 is 20.5 Å². The monoisotopic (exact) mass is 230 g/mol. The van der Waals surface area contributed by atoms with Gasteiger partial charge in [0.2, 0.25) is 5.91 Å². The molecule has 0 aromatic heterocycles. The smallest absolute Gasteiger partial charge is 0.223 e. The van der Waals surface area contributed by atoms with E-state index in [-0.39, 0.29) is 12.0 Å². The highest BCUT2D eigenvalue weighted by atomic mass is 16.5. The summed E-state index contributed by atoms with van der Waals surface area (Å²) in [5, 5.41) is 15.5. The van der Waals surface area contributed by atoms with Crippen LogP contribution in [0.2, 0.25) is 0 Å². The molecule has 0 bridgehead atoms. The number of morpholine rings is 1. The molecule has 0 spiro atoms. The standard InChI is InChI=1S/C11H22N2O3/c1-8(14)11(2,3)13-10(15)6-9-7-12-4-5-16-9/h8-9,12,14H,4-7H2,1-3H3,(H,13,15). The van der Waals surface area contributed by atoms with E-state index in [1.165, 1.54) is 0 Å². The molecule has 1 saturated heterocycles. The maximum absolute atomic E-state index is 11.7. The van der Waals surface area contributed by atoms with Crippen LogP contribution in [0, 0.1) is 0 Å². The van der Waals surface area contributed by atoms with E-state index >= 15 is 0 Å². The van der Waals surface area contributed by atoms with E-state index in [4.69, 9.17) is 4.74 Å². The number of rotatable bonds is 4. The fourth-order valence-corrected chi connectivity index (χ4v) is 1.47. The number of hydrogen-bond acceptors (Lipinski definition) is 4. The Morgan fingerprint density at radius 3 is 2.88 bits per heavy atom. The van der Waals surface area contributed by atoms with E-state index in [2.05, 4.69) is 10.6 Å². The Hall–Kier alpha value is -0.650. The van der Waals surface area contributed by atoms with Crippen LogP contribution in [0.3, 0.4) is 0 Å². The summed E-state index contributed by atoms with van der Waals surface area (Å²) in [7, 11) is 0. The van der Waals surface area contributed by atoms with Crippen molar-refractivity contribution in [3.8, 4) is 0 Å². The molecule has 94 valence electrons. The SMILES string of the molecule is CC(O)C(C)(C)NC(=O)CC1CNCCO1. The second-order valence-corrected chi connectivity index (χ2v) is 4.85.